The predicted molar refractivity (Wildman–Crippen MR) is 71.2 cm³/mol. The molecular formula is C16H20. The van der Waals surface area contributed by atoms with E-state index in [0.717, 1.165) is 12.0 Å². The molecule has 0 nitrogen and oxygen atoms in total. The Morgan fingerprint density at radius 1 is 1.19 bits per heavy atom. The molecule has 0 spiro atoms. The van der Waals surface area contributed by atoms with E-state index in [1.165, 1.54) is 24.8 Å². The van der Waals surface area contributed by atoms with E-state index in [0.29, 0.717) is 0 Å². The molecule has 0 heterocycles. The van der Waals surface area contributed by atoms with Gasteiger partial charge in [-0.25, -0.2) is 0 Å². The Morgan fingerprint density at radius 3 is 2.56 bits per heavy atom. The van der Waals surface area contributed by atoms with Crippen molar-refractivity contribution < 1.29 is 0 Å². The van der Waals surface area contributed by atoms with E-state index < -0.39 is 0 Å². The molecule has 1 rings (SSSR count). The molecule has 0 saturated heterocycles. The number of benzene rings is 1. The van der Waals surface area contributed by atoms with Crippen molar-refractivity contribution in [3.63, 3.8) is 0 Å². The molecule has 0 radical (unpaired) electrons. The van der Waals surface area contributed by atoms with Crippen LogP contribution in [0.1, 0.15) is 45.1 Å². The van der Waals surface area contributed by atoms with Crippen LogP contribution >= 0.6 is 0 Å². The third-order valence-electron chi connectivity index (χ3n) is 2.57. The van der Waals surface area contributed by atoms with Crippen LogP contribution in [-0.4, -0.2) is 0 Å². The first-order valence-electron chi connectivity index (χ1n) is 6.11. The Morgan fingerprint density at radius 2 is 1.94 bits per heavy atom. The standard InChI is InChI=1S/C16H20/c1-3-5-10-15(4-2)13-9-14-16-11-7-6-8-12-16/h6-8,11-13H,3-5,10H2,1-2H3/b15-13+. The van der Waals surface area contributed by atoms with Gasteiger partial charge in [0, 0.05) is 5.56 Å². The summed E-state index contributed by atoms with van der Waals surface area (Å²) in [7, 11) is 0. The minimum Gasteiger partial charge on any atom is -0.0697 e. The van der Waals surface area contributed by atoms with Gasteiger partial charge in [0.05, 0.1) is 0 Å². The van der Waals surface area contributed by atoms with Gasteiger partial charge in [-0.15, -0.1) is 0 Å². The van der Waals surface area contributed by atoms with E-state index in [-0.39, 0.29) is 0 Å². The van der Waals surface area contributed by atoms with Crippen LogP contribution in [-0.2, 0) is 0 Å². The molecule has 1 aromatic rings. The van der Waals surface area contributed by atoms with Crippen molar-refractivity contribution in [1.29, 1.82) is 0 Å². The van der Waals surface area contributed by atoms with E-state index >= 15 is 0 Å². The fourth-order valence-corrected chi connectivity index (χ4v) is 1.50. The summed E-state index contributed by atoms with van der Waals surface area (Å²) in [4.78, 5) is 0. The van der Waals surface area contributed by atoms with E-state index in [9.17, 15) is 0 Å². The SMILES string of the molecule is CCCC/C(=C/C#Cc1ccccc1)CC. The van der Waals surface area contributed by atoms with Gasteiger partial charge >= 0.3 is 0 Å². The van der Waals surface area contributed by atoms with Crippen molar-refractivity contribution in [3.05, 3.63) is 47.5 Å². The van der Waals surface area contributed by atoms with Crippen LogP contribution in [0.3, 0.4) is 0 Å². The van der Waals surface area contributed by atoms with Crippen LogP contribution in [0.15, 0.2) is 42.0 Å². The van der Waals surface area contributed by atoms with Gasteiger partial charge < -0.3 is 0 Å². The second kappa shape index (κ2) is 7.77. The molecule has 0 aliphatic heterocycles. The largest absolute Gasteiger partial charge is 0.0697 e. The maximum Gasteiger partial charge on any atom is 0.0248 e. The quantitative estimate of drug-likeness (QED) is 0.642. The summed E-state index contributed by atoms with van der Waals surface area (Å²) in [5.74, 6) is 6.31. The van der Waals surface area contributed by atoms with Gasteiger partial charge in [0.2, 0.25) is 0 Å². The number of unbranched alkanes of at least 4 members (excludes halogenated alkanes) is 1. The minimum atomic E-state index is 1.09. The van der Waals surface area contributed by atoms with Crippen molar-refractivity contribution in [2.45, 2.75) is 39.5 Å². The summed E-state index contributed by atoms with van der Waals surface area (Å²) in [6, 6.07) is 10.1. The zero-order valence-electron chi connectivity index (χ0n) is 10.3. The van der Waals surface area contributed by atoms with Crippen LogP contribution in [0, 0.1) is 11.8 Å². The average Bonchev–Trinajstić information content (AvgIpc) is 2.35. The molecule has 0 atom stereocenters. The van der Waals surface area contributed by atoms with Gasteiger partial charge in [-0.2, -0.15) is 0 Å². The highest BCUT2D eigenvalue weighted by atomic mass is 14.0. The van der Waals surface area contributed by atoms with Crippen molar-refractivity contribution in [2.75, 3.05) is 0 Å². The summed E-state index contributed by atoms with van der Waals surface area (Å²) in [6.45, 7) is 4.43. The molecule has 0 saturated carbocycles. The maximum atomic E-state index is 3.16. The zero-order valence-corrected chi connectivity index (χ0v) is 10.3. The number of rotatable bonds is 4. The Bertz CT molecular complexity index is 373. The Hall–Kier alpha value is -1.48. The first-order valence-corrected chi connectivity index (χ1v) is 6.11. The molecule has 84 valence electrons. The molecule has 0 fully saturated rings. The summed E-state index contributed by atoms with van der Waals surface area (Å²) >= 11 is 0. The third-order valence-corrected chi connectivity index (χ3v) is 2.57. The molecule has 0 amide bonds. The van der Waals surface area contributed by atoms with Gasteiger partial charge in [0.1, 0.15) is 0 Å². The van der Waals surface area contributed by atoms with Gasteiger partial charge in [-0.1, -0.05) is 55.9 Å². The molecule has 0 unspecified atom stereocenters. The monoisotopic (exact) mass is 212 g/mol. The smallest absolute Gasteiger partial charge is 0.0248 e. The molecular weight excluding hydrogens is 192 g/mol. The lowest BCUT2D eigenvalue weighted by Gasteiger charge is -1.99. The topological polar surface area (TPSA) is 0 Å². The summed E-state index contributed by atoms with van der Waals surface area (Å²) in [5, 5.41) is 0. The van der Waals surface area contributed by atoms with Crippen molar-refractivity contribution >= 4 is 0 Å². The maximum absolute atomic E-state index is 3.16. The summed E-state index contributed by atoms with van der Waals surface area (Å²) in [5.41, 5.74) is 2.55. The Labute approximate surface area is 99.4 Å². The first-order chi connectivity index (χ1) is 7.86. The molecule has 1 aromatic carbocycles. The van der Waals surface area contributed by atoms with Gasteiger partial charge in [-0.05, 0) is 37.5 Å². The Balaban J connectivity index is 2.59. The summed E-state index contributed by atoms with van der Waals surface area (Å²) in [6.07, 6.45) is 6.92. The van der Waals surface area contributed by atoms with Crippen molar-refractivity contribution in [3.8, 4) is 11.8 Å². The van der Waals surface area contributed by atoms with Crippen molar-refractivity contribution in [2.24, 2.45) is 0 Å². The third kappa shape index (κ3) is 4.84. The lowest BCUT2D eigenvalue weighted by atomic mass is 10.1. The fraction of sp³-hybridized carbons (Fsp3) is 0.375. The van der Waals surface area contributed by atoms with Crippen molar-refractivity contribution in [1.82, 2.24) is 0 Å². The average molecular weight is 212 g/mol. The van der Waals surface area contributed by atoms with Crippen LogP contribution < -0.4 is 0 Å². The van der Waals surface area contributed by atoms with Gasteiger partial charge in [-0.3, -0.25) is 0 Å². The molecule has 0 aliphatic rings. The van der Waals surface area contributed by atoms with Crippen LogP contribution in [0.5, 0.6) is 0 Å². The van der Waals surface area contributed by atoms with E-state index in [1.807, 2.05) is 30.3 Å². The summed E-state index contributed by atoms with van der Waals surface area (Å²) < 4.78 is 0. The van der Waals surface area contributed by atoms with Gasteiger partial charge in [0.25, 0.3) is 0 Å². The molecule has 0 aliphatic carbocycles. The lowest BCUT2D eigenvalue weighted by molar-refractivity contribution is 0.767. The zero-order chi connectivity index (χ0) is 11.6. The molecule has 0 N–H and O–H groups in total. The minimum absolute atomic E-state index is 1.09. The highest BCUT2D eigenvalue weighted by molar-refractivity contribution is 5.37. The second-order valence-electron chi connectivity index (χ2n) is 3.90. The lowest BCUT2D eigenvalue weighted by Crippen LogP contribution is -1.81. The van der Waals surface area contributed by atoms with E-state index in [2.05, 4.69) is 31.8 Å². The molecule has 0 bridgehead atoms. The predicted octanol–water partition coefficient (Wildman–Crippen LogP) is 4.56. The molecule has 0 heteroatoms. The normalized spacial score (nSPS) is 10.8. The van der Waals surface area contributed by atoms with Crippen LogP contribution in [0.25, 0.3) is 0 Å². The molecule has 0 aromatic heterocycles. The fourth-order valence-electron chi connectivity index (χ4n) is 1.50. The van der Waals surface area contributed by atoms with Crippen LogP contribution in [0.4, 0.5) is 0 Å². The first kappa shape index (κ1) is 12.6. The highest BCUT2D eigenvalue weighted by Gasteiger charge is 1.91. The number of allylic oxidation sites excluding steroid dienone is 2. The second-order valence-corrected chi connectivity index (χ2v) is 3.90. The Kier molecular flexibility index (Phi) is 6.11. The van der Waals surface area contributed by atoms with E-state index in [1.54, 1.807) is 0 Å². The number of hydrogen-bond donors (Lipinski definition) is 0. The molecule has 16 heavy (non-hydrogen) atoms. The number of hydrogen-bond acceptors (Lipinski definition) is 0. The van der Waals surface area contributed by atoms with Gasteiger partial charge in [0.15, 0.2) is 0 Å². The van der Waals surface area contributed by atoms with E-state index in [4.69, 9.17) is 0 Å². The highest BCUT2D eigenvalue weighted by Crippen LogP contribution is 2.10. The van der Waals surface area contributed by atoms with Crippen LogP contribution in [0.2, 0.25) is 0 Å².